The summed E-state index contributed by atoms with van der Waals surface area (Å²) in [7, 11) is 0. The predicted molar refractivity (Wildman–Crippen MR) is 53.2 cm³/mol. The SMILES string of the molecule is Cc1cnccc1CNC(=O)OCC(F)(F)F. The van der Waals surface area contributed by atoms with Crippen LogP contribution in [-0.2, 0) is 11.3 Å². The van der Waals surface area contributed by atoms with Crippen LogP contribution < -0.4 is 5.32 Å². The van der Waals surface area contributed by atoms with Crippen LogP contribution in [0.25, 0.3) is 0 Å². The highest BCUT2D eigenvalue weighted by atomic mass is 19.4. The fourth-order valence-electron chi connectivity index (χ4n) is 1.07. The summed E-state index contributed by atoms with van der Waals surface area (Å²) in [5.74, 6) is 0. The monoisotopic (exact) mass is 248 g/mol. The molecular weight excluding hydrogens is 237 g/mol. The summed E-state index contributed by atoms with van der Waals surface area (Å²) in [5.41, 5.74) is 1.60. The van der Waals surface area contributed by atoms with E-state index in [0.717, 1.165) is 11.1 Å². The number of carbonyl (C=O) groups is 1. The van der Waals surface area contributed by atoms with Crippen molar-refractivity contribution in [1.29, 1.82) is 0 Å². The number of carbonyl (C=O) groups excluding carboxylic acids is 1. The van der Waals surface area contributed by atoms with Gasteiger partial charge in [-0.25, -0.2) is 4.79 Å². The number of aryl methyl sites for hydroxylation is 1. The van der Waals surface area contributed by atoms with Gasteiger partial charge < -0.3 is 10.1 Å². The number of pyridine rings is 1. The average Bonchev–Trinajstić information content (AvgIpc) is 2.24. The molecule has 1 amide bonds. The molecule has 0 aliphatic carbocycles. The lowest BCUT2D eigenvalue weighted by Gasteiger charge is -2.09. The molecule has 0 unspecified atom stereocenters. The fourth-order valence-corrected chi connectivity index (χ4v) is 1.07. The zero-order valence-electron chi connectivity index (χ0n) is 9.04. The third-order valence-electron chi connectivity index (χ3n) is 1.93. The minimum Gasteiger partial charge on any atom is -0.440 e. The van der Waals surface area contributed by atoms with Crippen molar-refractivity contribution in [3.8, 4) is 0 Å². The molecule has 7 heteroatoms. The van der Waals surface area contributed by atoms with Crippen molar-refractivity contribution in [3.63, 3.8) is 0 Å². The summed E-state index contributed by atoms with van der Waals surface area (Å²) >= 11 is 0. The van der Waals surface area contributed by atoms with Crippen LogP contribution in [0.15, 0.2) is 18.5 Å². The van der Waals surface area contributed by atoms with Crippen LogP contribution in [0.4, 0.5) is 18.0 Å². The van der Waals surface area contributed by atoms with E-state index in [4.69, 9.17) is 0 Å². The van der Waals surface area contributed by atoms with Gasteiger partial charge in [0.15, 0.2) is 6.61 Å². The molecule has 1 heterocycles. The van der Waals surface area contributed by atoms with Crippen molar-refractivity contribution in [2.24, 2.45) is 0 Å². The lowest BCUT2D eigenvalue weighted by molar-refractivity contribution is -0.160. The summed E-state index contributed by atoms with van der Waals surface area (Å²) in [6.07, 6.45) is -2.48. The van der Waals surface area contributed by atoms with Crippen LogP contribution in [-0.4, -0.2) is 23.9 Å². The molecule has 4 nitrogen and oxygen atoms in total. The summed E-state index contributed by atoms with van der Waals surface area (Å²) in [4.78, 5) is 14.8. The zero-order valence-corrected chi connectivity index (χ0v) is 9.04. The molecule has 1 aromatic heterocycles. The minimum absolute atomic E-state index is 0.102. The highest BCUT2D eigenvalue weighted by Crippen LogP contribution is 2.14. The van der Waals surface area contributed by atoms with E-state index in [2.05, 4.69) is 15.0 Å². The van der Waals surface area contributed by atoms with Crippen molar-refractivity contribution >= 4 is 6.09 Å². The van der Waals surface area contributed by atoms with E-state index in [9.17, 15) is 18.0 Å². The van der Waals surface area contributed by atoms with Crippen LogP contribution in [0.5, 0.6) is 0 Å². The first kappa shape index (κ1) is 13.3. The Morgan fingerprint density at radius 2 is 2.24 bits per heavy atom. The molecule has 1 rings (SSSR count). The number of ether oxygens (including phenoxy) is 1. The maximum atomic E-state index is 11.7. The van der Waals surface area contributed by atoms with Gasteiger partial charge in [0, 0.05) is 18.9 Å². The normalized spacial score (nSPS) is 11.1. The van der Waals surface area contributed by atoms with E-state index in [1.165, 1.54) is 6.20 Å². The molecule has 1 N–H and O–H groups in total. The summed E-state index contributed by atoms with van der Waals surface area (Å²) < 4.78 is 39.2. The van der Waals surface area contributed by atoms with Gasteiger partial charge in [-0.3, -0.25) is 4.98 Å². The van der Waals surface area contributed by atoms with Crippen molar-refractivity contribution in [1.82, 2.24) is 10.3 Å². The average molecular weight is 248 g/mol. The van der Waals surface area contributed by atoms with Gasteiger partial charge in [0.05, 0.1) is 0 Å². The molecule has 0 saturated heterocycles. The van der Waals surface area contributed by atoms with Crippen molar-refractivity contribution in [2.75, 3.05) is 6.61 Å². The van der Waals surface area contributed by atoms with Crippen LogP contribution in [0.3, 0.4) is 0 Å². The summed E-state index contributed by atoms with van der Waals surface area (Å²) in [6, 6.07) is 1.67. The summed E-state index contributed by atoms with van der Waals surface area (Å²) in [6.45, 7) is 0.296. The molecule has 0 saturated carbocycles. The first-order valence-corrected chi connectivity index (χ1v) is 4.75. The molecule has 0 bridgehead atoms. The Bertz CT molecular complexity index is 393. The maximum absolute atomic E-state index is 11.7. The highest BCUT2D eigenvalue weighted by Gasteiger charge is 2.29. The van der Waals surface area contributed by atoms with Gasteiger partial charge in [-0.15, -0.1) is 0 Å². The van der Waals surface area contributed by atoms with Crippen LogP contribution in [0, 0.1) is 6.92 Å². The number of hydrogen-bond donors (Lipinski definition) is 1. The molecule has 0 aromatic carbocycles. The quantitative estimate of drug-likeness (QED) is 0.891. The van der Waals surface area contributed by atoms with Crippen LogP contribution >= 0.6 is 0 Å². The lowest BCUT2D eigenvalue weighted by atomic mass is 10.2. The highest BCUT2D eigenvalue weighted by molar-refractivity contribution is 5.67. The molecule has 1 aromatic rings. The second-order valence-electron chi connectivity index (χ2n) is 3.35. The van der Waals surface area contributed by atoms with Crippen molar-refractivity contribution in [3.05, 3.63) is 29.6 Å². The number of alkyl carbamates (subject to hydrolysis) is 1. The van der Waals surface area contributed by atoms with Crippen LogP contribution in [0.2, 0.25) is 0 Å². The number of halogens is 3. The Morgan fingerprint density at radius 1 is 1.53 bits per heavy atom. The lowest BCUT2D eigenvalue weighted by Crippen LogP contribution is -2.28. The molecule has 0 radical (unpaired) electrons. The van der Waals surface area contributed by atoms with Gasteiger partial charge in [-0.1, -0.05) is 0 Å². The number of amides is 1. The predicted octanol–water partition coefficient (Wildman–Crippen LogP) is 2.18. The first-order valence-electron chi connectivity index (χ1n) is 4.75. The molecule has 0 spiro atoms. The first-order chi connectivity index (χ1) is 7.88. The van der Waals surface area contributed by atoms with Gasteiger partial charge in [0.25, 0.3) is 0 Å². The Hall–Kier alpha value is -1.79. The smallest absolute Gasteiger partial charge is 0.422 e. The third kappa shape index (κ3) is 5.19. The minimum atomic E-state index is -4.51. The van der Waals surface area contributed by atoms with Crippen molar-refractivity contribution < 1.29 is 22.7 Å². The molecule has 94 valence electrons. The maximum Gasteiger partial charge on any atom is 0.422 e. The van der Waals surface area contributed by atoms with E-state index in [0.29, 0.717) is 0 Å². The standard InChI is InChI=1S/C10H11F3N2O2/c1-7-4-14-3-2-8(7)5-15-9(16)17-6-10(11,12)13/h2-4H,5-6H2,1H3,(H,15,16). The van der Waals surface area contributed by atoms with Gasteiger partial charge in [-0.2, -0.15) is 13.2 Å². The van der Waals surface area contributed by atoms with Gasteiger partial charge in [0.1, 0.15) is 0 Å². The van der Waals surface area contributed by atoms with Gasteiger partial charge >= 0.3 is 12.3 Å². The Balaban J connectivity index is 2.36. The number of aromatic nitrogens is 1. The summed E-state index contributed by atoms with van der Waals surface area (Å²) in [5, 5.41) is 2.22. The second-order valence-corrected chi connectivity index (χ2v) is 3.35. The Kier molecular flexibility index (Phi) is 4.30. The second kappa shape index (κ2) is 5.51. The van der Waals surface area contributed by atoms with Crippen molar-refractivity contribution in [2.45, 2.75) is 19.6 Å². The topological polar surface area (TPSA) is 51.2 Å². The Morgan fingerprint density at radius 3 is 2.82 bits per heavy atom. The van der Waals surface area contributed by atoms with Crippen LogP contribution in [0.1, 0.15) is 11.1 Å². The fraction of sp³-hybridized carbons (Fsp3) is 0.400. The van der Waals surface area contributed by atoms with E-state index < -0.39 is 18.9 Å². The largest absolute Gasteiger partial charge is 0.440 e. The van der Waals surface area contributed by atoms with E-state index in [1.807, 2.05) is 0 Å². The molecule has 17 heavy (non-hydrogen) atoms. The number of nitrogens with zero attached hydrogens (tertiary/aromatic N) is 1. The number of alkyl halides is 3. The number of hydrogen-bond acceptors (Lipinski definition) is 3. The molecule has 0 aliphatic rings. The number of nitrogens with one attached hydrogen (secondary N) is 1. The van der Waals surface area contributed by atoms with Gasteiger partial charge in [0.2, 0.25) is 0 Å². The third-order valence-corrected chi connectivity index (χ3v) is 1.93. The van der Waals surface area contributed by atoms with E-state index >= 15 is 0 Å². The van der Waals surface area contributed by atoms with E-state index in [-0.39, 0.29) is 6.54 Å². The molecule has 0 fully saturated rings. The molecule has 0 atom stereocenters. The van der Waals surface area contributed by atoms with E-state index in [1.54, 1.807) is 19.2 Å². The molecule has 0 aliphatic heterocycles. The Labute approximate surface area is 95.8 Å². The number of rotatable bonds is 3. The zero-order chi connectivity index (χ0) is 12.9. The molecular formula is C10H11F3N2O2. The van der Waals surface area contributed by atoms with Gasteiger partial charge in [-0.05, 0) is 24.1 Å².